The van der Waals surface area contributed by atoms with Crippen molar-refractivity contribution in [2.75, 3.05) is 0 Å². The van der Waals surface area contributed by atoms with E-state index in [0.29, 0.717) is 0 Å². The Labute approximate surface area is 104 Å². The number of rotatable bonds is 11. The Hall–Kier alpha value is 0. The lowest BCUT2D eigenvalue weighted by atomic mass is 9.91. The molecule has 0 aliphatic rings. The van der Waals surface area contributed by atoms with Gasteiger partial charge >= 0.3 is 0 Å². The van der Waals surface area contributed by atoms with Crippen LogP contribution < -0.4 is 0 Å². The molecule has 1 unspecified atom stereocenters. The number of unbranched alkanes of at least 4 members (excludes halogenated alkanes) is 4. The predicted octanol–water partition coefficient (Wildman–Crippen LogP) is 6.20. The van der Waals surface area contributed by atoms with Crippen LogP contribution in [0.1, 0.15) is 91.9 Å². The molecule has 0 radical (unpaired) electrons. The average Bonchev–Trinajstić information content (AvgIpc) is 2.26. The van der Waals surface area contributed by atoms with Gasteiger partial charge < -0.3 is 0 Å². The molecule has 0 N–H and O–H groups in total. The molecular weight excluding hydrogens is 192 g/mol. The smallest absolute Gasteiger partial charge is 0.0417 e. The molecule has 98 valence electrons. The topological polar surface area (TPSA) is 0 Å². The Kier molecular flexibility index (Phi) is 11.5. The SMILES string of the molecule is CCCCCCCC(CC)CCCC(C)C. The predicted molar refractivity (Wildman–Crippen MR) is 75.8 cm³/mol. The highest BCUT2D eigenvalue weighted by molar-refractivity contribution is 4.59. The van der Waals surface area contributed by atoms with Crippen LogP contribution in [0.5, 0.6) is 0 Å². The zero-order chi connectivity index (χ0) is 12.2. The minimum atomic E-state index is 0.891. The van der Waals surface area contributed by atoms with Crippen molar-refractivity contribution >= 4 is 0 Å². The van der Waals surface area contributed by atoms with E-state index in [2.05, 4.69) is 27.7 Å². The molecule has 0 bridgehead atoms. The summed E-state index contributed by atoms with van der Waals surface area (Å²) in [5.74, 6) is 1.91. The number of hydrogen-bond acceptors (Lipinski definition) is 0. The van der Waals surface area contributed by atoms with Crippen molar-refractivity contribution in [3.8, 4) is 0 Å². The van der Waals surface area contributed by atoms with E-state index in [-0.39, 0.29) is 0 Å². The Morgan fingerprint density at radius 1 is 0.688 bits per heavy atom. The van der Waals surface area contributed by atoms with Crippen LogP contribution in [-0.4, -0.2) is 0 Å². The number of hydrogen-bond donors (Lipinski definition) is 0. The first-order valence-electron chi connectivity index (χ1n) is 7.70. The highest BCUT2D eigenvalue weighted by Gasteiger charge is 2.06. The fourth-order valence-corrected chi connectivity index (χ4v) is 2.40. The third kappa shape index (κ3) is 10.5. The van der Waals surface area contributed by atoms with Gasteiger partial charge in [-0.15, -0.1) is 0 Å². The van der Waals surface area contributed by atoms with Crippen molar-refractivity contribution in [2.45, 2.75) is 91.9 Å². The molecule has 0 heterocycles. The molecular formula is C16H34. The molecule has 0 nitrogen and oxygen atoms in total. The van der Waals surface area contributed by atoms with E-state index in [1.54, 1.807) is 0 Å². The fourth-order valence-electron chi connectivity index (χ4n) is 2.40. The van der Waals surface area contributed by atoms with Gasteiger partial charge in [0.15, 0.2) is 0 Å². The summed E-state index contributed by atoms with van der Waals surface area (Å²) in [5.41, 5.74) is 0. The summed E-state index contributed by atoms with van der Waals surface area (Å²) in [4.78, 5) is 0. The summed E-state index contributed by atoms with van der Waals surface area (Å²) in [7, 11) is 0. The minimum absolute atomic E-state index is 0.891. The summed E-state index contributed by atoms with van der Waals surface area (Å²) in [6.07, 6.45) is 14.4. The first kappa shape index (κ1) is 16.0. The van der Waals surface area contributed by atoms with Gasteiger partial charge in [-0.25, -0.2) is 0 Å². The van der Waals surface area contributed by atoms with Crippen molar-refractivity contribution in [1.82, 2.24) is 0 Å². The van der Waals surface area contributed by atoms with Crippen LogP contribution in [0, 0.1) is 11.8 Å². The Morgan fingerprint density at radius 2 is 1.31 bits per heavy atom. The van der Waals surface area contributed by atoms with E-state index in [1.807, 2.05) is 0 Å². The monoisotopic (exact) mass is 226 g/mol. The lowest BCUT2D eigenvalue weighted by Crippen LogP contribution is -2.00. The van der Waals surface area contributed by atoms with E-state index < -0.39 is 0 Å². The van der Waals surface area contributed by atoms with Crippen molar-refractivity contribution in [3.63, 3.8) is 0 Å². The van der Waals surface area contributed by atoms with Gasteiger partial charge in [0.1, 0.15) is 0 Å². The molecule has 0 saturated heterocycles. The molecule has 16 heavy (non-hydrogen) atoms. The molecule has 0 aliphatic carbocycles. The quantitative estimate of drug-likeness (QED) is 0.368. The lowest BCUT2D eigenvalue weighted by Gasteiger charge is -2.15. The second-order valence-corrected chi connectivity index (χ2v) is 5.80. The van der Waals surface area contributed by atoms with E-state index in [9.17, 15) is 0 Å². The molecule has 0 amide bonds. The van der Waals surface area contributed by atoms with E-state index >= 15 is 0 Å². The molecule has 0 heteroatoms. The Bertz CT molecular complexity index is 126. The maximum absolute atomic E-state index is 2.37. The van der Waals surface area contributed by atoms with Gasteiger partial charge in [-0.3, -0.25) is 0 Å². The standard InChI is InChI=1S/C16H34/c1-5-7-8-9-10-13-16(6-2)14-11-12-15(3)4/h15-16H,5-14H2,1-4H3. The van der Waals surface area contributed by atoms with Crippen LogP contribution in [0.15, 0.2) is 0 Å². The summed E-state index contributed by atoms with van der Waals surface area (Å²) in [6.45, 7) is 9.34. The van der Waals surface area contributed by atoms with Gasteiger partial charge in [-0.1, -0.05) is 91.9 Å². The van der Waals surface area contributed by atoms with E-state index in [4.69, 9.17) is 0 Å². The molecule has 0 saturated carbocycles. The highest BCUT2D eigenvalue weighted by Crippen LogP contribution is 2.21. The summed E-state index contributed by atoms with van der Waals surface area (Å²) in [5, 5.41) is 0. The fraction of sp³-hybridized carbons (Fsp3) is 1.00. The zero-order valence-electron chi connectivity index (χ0n) is 12.2. The highest BCUT2D eigenvalue weighted by atomic mass is 14.1. The summed E-state index contributed by atoms with van der Waals surface area (Å²) < 4.78 is 0. The van der Waals surface area contributed by atoms with Crippen molar-refractivity contribution in [2.24, 2.45) is 11.8 Å². The summed E-state index contributed by atoms with van der Waals surface area (Å²) in [6, 6.07) is 0. The molecule has 0 aliphatic heterocycles. The summed E-state index contributed by atoms with van der Waals surface area (Å²) >= 11 is 0. The van der Waals surface area contributed by atoms with Crippen molar-refractivity contribution in [1.29, 1.82) is 0 Å². The maximum Gasteiger partial charge on any atom is -0.0417 e. The van der Waals surface area contributed by atoms with Gasteiger partial charge in [0.25, 0.3) is 0 Å². The molecule has 0 aromatic carbocycles. The van der Waals surface area contributed by atoms with Gasteiger partial charge in [-0.2, -0.15) is 0 Å². The third-order valence-electron chi connectivity index (χ3n) is 3.69. The molecule has 0 aromatic rings. The normalized spacial score (nSPS) is 13.3. The third-order valence-corrected chi connectivity index (χ3v) is 3.69. The van der Waals surface area contributed by atoms with Crippen LogP contribution in [0.4, 0.5) is 0 Å². The molecule has 0 spiro atoms. The first-order chi connectivity index (χ1) is 7.70. The molecule has 0 aromatic heterocycles. The van der Waals surface area contributed by atoms with E-state index in [1.165, 1.54) is 64.2 Å². The van der Waals surface area contributed by atoms with Crippen LogP contribution in [-0.2, 0) is 0 Å². The average molecular weight is 226 g/mol. The minimum Gasteiger partial charge on any atom is -0.0654 e. The second kappa shape index (κ2) is 11.5. The lowest BCUT2D eigenvalue weighted by molar-refractivity contribution is 0.383. The van der Waals surface area contributed by atoms with Crippen LogP contribution in [0.2, 0.25) is 0 Å². The van der Waals surface area contributed by atoms with Crippen LogP contribution >= 0.6 is 0 Å². The van der Waals surface area contributed by atoms with E-state index in [0.717, 1.165) is 11.8 Å². The zero-order valence-corrected chi connectivity index (χ0v) is 12.2. The first-order valence-corrected chi connectivity index (χ1v) is 7.70. The van der Waals surface area contributed by atoms with Crippen molar-refractivity contribution < 1.29 is 0 Å². The van der Waals surface area contributed by atoms with Gasteiger partial charge in [0.05, 0.1) is 0 Å². The Balaban J connectivity index is 3.36. The van der Waals surface area contributed by atoms with Crippen molar-refractivity contribution in [3.05, 3.63) is 0 Å². The largest absolute Gasteiger partial charge is 0.0654 e. The van der Waals surface area contributed by atoms with Gasteiger partial charge in [0.2, 0.25) is 0 Å². The second-order valence-electron chi connectivity index (χ2n) is 5.80. The maximum atomic E-state index is 2.37. The van der Waals surface area contributed by atoms with Gasteiger partial charge in [-0.05, 0) is 11.8 Å². The molecule has 0 rings (SSSR count). The Morgan fingerprint density at radius 3 is 1.88 bits per heavy atom. The molecule has 0 fully saturated rings. The van der Waals surface area contributed by atoms with Crippen LogP contribution in [0.25, 0.3) is 0 Å². The van der Waals surface area contributed by atoms with Gasteiger partial charge in [0, 0.05) is 0 Å². The van der Waals surface area contributed by atoms with Crippen LogP contribution in [0.3, 0.4) is 0 Å². The molecule has 1 atom stereocenters.